The second-order valence-corrected chi connectivity index (χ2v) is 11.0. The van der Waals surface area contributed by atoms with Gasteiger partial charge in [0.2, 0.25) is 10.0 Å². The Hall–Kier alpha value is -1.70. The quantitative estimate of drug-likeness (QED) is 0.824. The first-order chi connectivity index (χ1) is 12.7. The van der Waals surface area contributed by atoms with Crippen molar-refractivity contribution >= 4 is 33.0 Å². The molecule has 2 aromatic rings. The van der Waals surface area contributed by atoms with Crippen molar-refractivity contribution in [2.45, 2.75) is 39.0 Å². The molecule has 1 aliphatic rings. The van der Waals surface area contributed by atoms with Crippen LogP contribution in [-0.2, 0) is 10.0 Å². The molecule has 0 radical (unpaired) electrons. The van der Waals surface area contributed by atoms with Gasteiger partial charge in [0.1, 0.15) is 0 Å². The summed E-state index contributed by atoms with van der Waals surface area (Å²) in [5.41, 5.74) is 1.24. The van der Waals surface area contributed by atoms with Crippen molar-refractivity contribution < 1.29 is 13.2 Å². The van der Waals surface area contributed by atoms with Crippen molar-refractivity contribution in [1.82, 2.24) is 4.31 Å². The van der Waals surface area contributed by atoms with E-state index < -0.39 is 10.0 Å². The minimum atomic E-state index is -3.51. The molecule has 0 spiro atoms. The fourth-order valence-corrected chi connectivity index (χ4v) is 6.32. The summed E-state index contributed by atoms with van der Waals surface area (Å²) >= 11 is 1.58. The van der Waals surface area contributed by atoms with Gasteiger partial charge in [0.05, 0.1) is 10.5 Å². The van der Waals surface area contributed by atoms with Crippen LogP contribution in [0, 0.1) is 25.7 Å². The maximum absolute atomic E-state index is 12.9. The number of hydrogen-bond donors (Lipinski definition) is 1. The Balaban J connectivity index is 1.75. The fraction of sp³-hybridized carbons (Fsp3) is 0.450. The van der Waals surface area contributed by atoms with Crippen LogP contribution in [0.2, 0.25) is 0 Å². The van der Waals surface area contributed by atoms with Gasteiger partial charge < -0.3 is 5.32 Å². The van der Waals surface area contributed by atoms with E-state index in [2.05, 4.69) is 19.2 Å². The second-order valence-electron chi connectivity index (χ2n) is 7.57. The lowest BCUT2D eigenvalue weighted by Gasteiger charge is -2.34. The SMILES string of the molecule is Cc1cc(C(=O)Nc2ccc(S(=O)(=O)N3C[C@H](C)C[C@H](C)C3)cc2)c(C)s1. The predicted molar refractivity (Wildman–Crippen MR) is 110 cm³/mol. The Morgan fingerprint density at radius 1 is 1.11 bits per heavy atom. The summed E-state index contributed by atoms with van der Waals surface area (Å²) in [6.45, 7) is 9.18. The molecule has 1 fully saturated rings. The van der Waals surface area contributed by atoms with Gasteiger partial charge >= 0.3 is 0 Å². The summed E-state index contributed by atoms with van der Waals surface area (Å²) in [4.78, 5) is 14.7. The highest BCUT2D eigenvalue weighted by atomic mass is 32.2. The maximum atomic E-state index is 12.9. The molecule has 0 saturated carbocycles. The standard InChI is InChI=1S/C20H26N2O3S2/c1-13-9-14(2)12-22(11-13)27(24,25)18-7-5-17(6-8-18)21-20(23)19-10-15(3)26-16(19)4/h5-8,10,13-14H,9,11-12H2,1-4H3,(H,21,23)/t13-,14+. The van der Waals surface area contributed by atoms with Gasteiger partial charge in [-0.3, -0.25) is 4.79 Å². The second kappa shape index (κ2) is 7.73. The lowest BCUT2D eigenvalue weighted by Crippen LogP contribution is -2.42. The highest BCUT2D eigenvalue weighted by molar-refractivity contribution is 7.89. The number of carbonyl (C=O) groups is 1. The first-order valence-electron chi connectivity index (χ1n) is 9.15. The Kier molecular flexibility index (Phi) is 5.74. The molecule has 0 bridgehead atoms. The number of nitrogens with one attached hydrogen (secondary N) is 1. The Morgan fingerprint density at radius 3 is 2.22 bits per heavy atom. The molecule has 1 N–H and O–H groups in total. The molecule has 0 unspecified atom stereocenters. The van der Waals surface area contributed by atoms with E-state index in [1.54, 1.807) is 39.9 Å². The zero-order valence-corrected chi connectivity index (χ0v) is 17.8. The van der Waals surface area contributed by atoms with Crippen molar-refractivity contribution in [2.75, 3.05) is 18.4 Å². The average Bonchev–Trinajstić information content (AvgIpc) is 2.93. The van der Waals surface area contributed by atoms with Gasteiger partial charge in [0, 0.05) is 28.5 Å². The molecule has 146 valence electrons. The van der Waals surface area contributed by atoms with Gasteiger partial charge in [0.25, 0.3) is 5.91 Å². The molecule has 1 aliphatic heterocycles. The van der Waals surface area contributed by atoms with Crippen molar-refractivity contribution in [3.63, 3.8) is 0 Å². The normalized spacial score (nSPS) is 21.2. The average molecular weight is 407 g/mol. The van der Waals surface area contributed by atoms with Crippen LogP contribution in [0.25, 0.3) is 0 Å². The molecule has 7 heteroatoms. The number of carbonyl (C=O) groups excluding carboxylic acids is 1. The van der Waals surface area contributed by atoms with E-state index in [0.29, 0.717) is 36.2 Å². The van der Waals surface area contributed by atoms with Gasteiger partial charge in [-0.1, -0.05) is 13.8 Å². The van der Waals surface area contributed by atoms with E-state index >= 15 is 0 Å². The van der Waals surface area contributed by atoms with Crippen LogP contribution in [0.4, 0.5) is 5.69 Å². The van der Waals surface area contributed by atoms with Crippen molar-refractivity contribution in [3.05, 3.63) is 45.6 Å². The number of amides is 1. The predicted octanol–water partition coefficient (Wildman–Crippen LogP) is 4.28. The molecule has 27 heavy (non-hydrogen) atoms. The van der Waals surface area contributed by atoms with E-state index in [1.807, 2.05) is 19.9 Å². The van der Waals surface area contributed by atoms with Crippen LogP contribution < -0.4 is 5.32 Å². The molecule has 0 aliphatic carbocycles. The van der Waals surface area contributed by atoms with E-state index in [-0.39, 0.29) is 10.8 Å². The molecule has 1 saturated heterocycles. The molecular formula is C20H26N2O3S2. The summed E-state index contributed by atoms with van der Waals surface area (Å²) in [6.07, 6.45) is 1.05. The summed E-state index contributed by atoms with van der Waals surface area (Å²) < 4.78 is 27.4. The third-order valence-electron chi connectivity index (χ3n) is 4.87. The van der Waals surface area contributed by atoms with Crippen molar-refractivity contribution in [1.29, 1.82) is 0 Å². The van der Waals surface area contributed by atoms with E-state index in [1.165, 1.54) is 0 Å². The Labute approximate surface area is 165 Å². The van der Waals surface area contributed by atoms with Crippen LogP contribution in [0.15, 0.2) is 35.2 Å². The number of benzene rings is 1. The Morgan fingerprint density at radius 2 is 1.70 bits per heavy atom. The van der Waals surface area contributed by atoms with Crippen LogP contribution in [-0.4, -0.2) is 31.7 Å². The van der Waals surface area contributed by atoms with Gasteiger partial charge in [-0.2, -0.15) is 4.31 Å². The van der Waals surface area contributed by atoms with Gasteiger partial charge in [-0.05, 0) is 62.4 Å². The summed E-state index contributed by atoms with van der Waals surface area (Å²) in [5, 5.41) is 2.84. The Bertz CT molecular complexity index is 923. The van der Waals surface area contributed by atoms with Crippen LogP contribution >= 0.6 is 11.3 Å². The monoisotopic (exact) mass is 406 g/mol. The number of sulfonamides is 1. The summed E-state index contributed by atoms with van der Waals surface area (Å²) in [5.74, 6) is 0.546. The number of nitrogens with zero attached hydrogens (tertiary/aromatic N) is 1. The number of hydrogen-bond acceptors (Lipinski definition) is 4. The molecule has 1 aromatic heterocycles. The summed E-state index contributed by atoms with van der Waals surface area (Å²) in [7, 11) is -3.51. The van der Waals surface area contributed by atoms with Gasteiger partial charge in [-0.25, -0.2) is 8.42 Å². The fourth-order valence-electron chi connectivity index (χ4n) is 3.72. The van der Waals surface area contributed by atoms with Crippen molar-refractivity contribution in [2.24, 2.45) is 11.8 Å². The largest absolute Gasteiger partial charge is 0.322 e. The first kappa shape index (κ1) is 20.0. The minimum absolute atomic E-state index is 0.175. The van der Waals surface area contributed by atoms with Gasteiger partial charge in [0.15, 0.2) is 0 Å². The molecule has 2 atom stereocenters. The van der Waals surface area contributed by atoms with Gasteiger partial charge in [-0.15, -0.1) is 11.3 Å². The molecule has 2 heterocycles. The van der Waals surface area contributed by atoms with E-state index in [9.17, 15) is 13.2 Å². The lowest BCUT2D eigenvalue weighted by molar-refractivity contribution is 0.102. The minimum Gasteiger partial charge on any atom is -0.322 e. The smallest absolute Gasteiger partial charge is 0.256 e. The number of piperidine rings is 1. The number of aryl methyl sites for hydroxylation is 2. The molecule has 1 aromatic carbocycles. The number of anilines is 1. The first-order valence-corrected chi connectivity index (χ1v) is 11.4. The topological polar surface area (TPSA) is 66.5 Å². The zero-order valence-electron chi connectivity index (χ0n) is 16.2. The molecular weight excluding hydrogens is 380 g/mol. The highest BCUT2D eigenvalue weighted by Gasteiger charge is 2.31. The lowest BCUT2D eigenvalue weighted by atomic mass is 9.94. The molecule has 1 amide bonds. The highest BCUT2D eigenvalue weighted by Crippen LogP contribution is 2.27. The van der Waals surface area contributed by atoms with E-state index in [0.717, 1.165) is 16.2 Å². The van der Waals surface area contributed by atoms with Crippen LogP contribution in [0.5, 0.6) is 0 Å². The van der Waals surface area contributed by atoms with Crippen LogP contribution in [0.1, 0.15) is 40.4 Å². The van der Waals surface area contributed by atoms with Crippen LogP contribution in [0.3, 0.4) is 0 Å². The third kappa shape index (κ3) is 4.42. The maximum Gasteiger partial charge on any atom is 0.256 e. The summed E-state index contributed by atoms with van der Waals surface area (Å²) in [6, 6.07) is 8.31. The number of thiophene rings is 1. The molecule has 5 nitrogen and oxygen atoms in total. The van der Waals surface area contributed by atoms with E-state index in [4.69, 9.17) is 0 Å². The third-order valence-corrected chi connectivity index (χ3v) is 7.68. The molecule has 3 rings (SSSR count). The van der Waals surface area contributed by atoms with Crippen molar-refractivity contribution in [3.8, 4) is 0 Å². The number of rotatable bonds is 4. The zero-order chi connectivity index (χ0) is 19.8.